The first-order chi connectivity index (χ1) is 5.16. The second-order valence-electron chi connectivity index (χ2n) is 3.99. The summed E-state index contributed by atoms with van der Waals surface area (Å²) in [6.45, 7) is 4.49. The first kappa shape index (κ1) is 8.55. The lowest BCUT2D eigenvalue weighted by Gasteiger charge is -2.37. The van der Waals surface area contributed by atoms with Gasteiger partial charge in [0.1, 0.15) is 0 Å². The molecular weight excluding hydrogens is 136 g/mol. The van der Waals surface area contributed by atoms with Gasteiger partial charge in [0.2, 0.25) is 0 Å². The van der Waals surface area contributed by atoms with Crippen LogP contribution in [0.5, 0.6) is 0 Å². The molecule has 0 N–H and O–H groups in total. The summed E-state index contributed by atoms with van der Waals surface area (Å²) in [5.74, 6) is 0. The predicted molar refractivity (Wildman–Crippen MR) is 45.1 cm³/mol. The zero-order valence-electron chi connectivity index (χ0n) is 7.43. The third kappa shape index (κ3) is 2.20. The fourth-order valence-corrected chi connectivity index (χ4v) is 1.92. The number of nitrogens with zero attached hydrogens (tertiary/aromatic N) is 2. The number of likely N-dealkylation sites (tertiary alicyclic amines) is 1. The molecule has 0 aromatic heterocycles. The third-order valence-electron chi connectivity index (χ3n) is 2.48. The average molecular weight is 152 g/mol. The van der Waals surface area contributed by atoms with Crippen LogP contribution in [0.1, 0.15) is 26.2 Å². The van der Waals surface area contributed by atoms with Crippen molar-refractivity contribution in [3.05, 3.63) is 0 Å². The molecule has 0 spiro atoms. The maximum absolute atomic E-state index is 8.60. The molecule has 1 saturated heterocycles. The van der Waals surface area contributed by atoms with Crippen molar-refractivity contribution >= 4 is 0 Å². The van der Waals surface area contributed by atoms with Crippen LogP contribution < -0.4 is 0 Å². The molecule has 0 saturated carbocycles. The van der Waals surface area contributed by atoms with Crippen molar-refractivity contribution in [3.63, 3.8) is 0 Å². The summed E-state index contributed by atoms with van der Waals surface area (Å²) in [7, 11) is 2.13. The van der Waals surface area contributed by atoms with Crippen LogP contribution in [0.2, 0.25) is 0 Å². The number of rotatable bonds is 1. The summed E-state index contributed by atoms with van der Waals surface area (Å²) in [5.41, 5.74) is 0.266. The van der Waals surface area contributed by atoms with Crippen molar-refractivity contribution in [2.45, 2.75) is 26.2 Å². The zero-order valence-corrected chi connectivity index (χ0v) is 7.43. The van der Waals surface area contributed by atoms with Crippen LogP contribution >= 0.6 is 0 Å². The summed E-state index contributed by atoms with van der Waals surface area (Å²) in [5, 5.41) is 8.60. The molecule has 0 unspecified atom stereocenters. The van der Waals surface area contributed by atoms with E-state index in [1.165, 1.54) is 19.4 Å². The molecule has 1 rings (SSSR count). The molecule has 0 bridgehead atoms. The van der Waals surface area contributed by atoms with Gasteiger partial charge in [-0.2, -0.15) is 5.26 Å². The van der Waals surface area contributed by atoms with Gasteiger partial charge in [0.15, 0.2) is 0 Å². The van der Waals surface area contributed by atoms with E-state index in [2.05, 4.69) is 24.9 Å². The van der Waals surface area contributed by atoms with Gasteiger partial charge in [-0.25, -0.2) is 0 Å². The summed E-state index contributed by atoms with van der Waals surface area (Å²) in [4.78, 5) is 2.32. The van der Waals surface area contributed by atoms with Gasteiger partial charge in [0.25, 0.3) is 0 Å². The number of piperidine rings is 1. The Balaban J connectivity index is 2.50. The molecule has 0 aromatic carbocycles. The quantitative estimate of drug-likeness (QED) is 0.571. The lowest BCUT2D eigenvalue weighted by atomic mass is 9.80. The zero-order chi connectivity index (χ0) is 8.32. The van der Waals surface area contributed by atoms with Crippen molar-refractivity contribution in [1.82, 2.24) is 4.90 Å². The second kappa shape index (κ2) is 3.23. The molecule has 0 amide bonds. The Kier molecular flexibility index (Phi) is 2.51. The van der Waals surface area contributed by atoms with Crippen LogP contribution in [0.3, 0.4) is 0 Å². The molecule has 62 valence electrons. The van der Waals surface area contributed by atoms with Crippen LogP contribution in [-0.4, -0.2) is 25.0 Å². The first-order valence-electron chi connectivity index (χ1n) is 4.22. The van der Waals surface area contributed by atoms with Gasteiger partial charge in [0.05, 0.1) is 6.07 Å². The Morgan fingerprint density at radius 1 is 1.64 bits per heavy atom. The van der Waals surface area contributed by atoms with Gasteiger partial charge in [0, 0.05) is 13.0 Å². The van der Waals surface area contributed by atoms with E-state index in [9.17, 15) is 0 Å². The number of hydrogen-bond acceptors (Lipinski definition) is 2. The van der Waals surface area contributed by atoms with Crippen LogP contribution in [0.4, 0.5) is 0 Å². The second-order valence-corrected chi connectivity index (χ2v) is 3.99. The Hall–Kier alpha value is -0.550. The molecule has 1 aliphatic rings. The minimum atomic E-state index is 0.266. The highest BCUT2D eigenvalue weighted by molar-refractivity contribution is 4.89. The molecule has 1 heterocycles. The Bertz CT molecular complexity index is 171. The highest BCUT2D eigenvalue weighted by Gasteiger charge is 2.28. The SMILES string of the molecule is CN1CCC[C@@](C)(CC#N)C1. The van der Waals surface area contributed by atoms with Crippen LogP contribution in [0, 0.1) is 16.7 Å². The fraction of sp³-hybridized carbons (Fsp3) is 0.889. The predicted octanol–water partition coefficient (Wildman–Crippen LogP) is 1.63. The minimum Gasteiger partial charge on any atom is -0.306 e. The molecule has 1 atom stereocenters. The number of nitriles is 1. The highest BCUT2D eigenvalue weighted by Crippen LogP contribution is 2.31. The smallest absolute Gasteiger partial charge is 0.0627 e. The third-order valence-corrected chi connectivity index (χ3v) is 2.48. The van der Waals surface area contributed by atoms with Gasteiger partial charge in [-0.3, -0.25) is 0 Å². The summed E-state index contributed by atoms with van der Waals surface area (Å²) >= 11 is 0. The maximum atomic E-state index is 8.60. The summed E-state index contributed by atoms with van der Waals surface area (Å²) < 4.78 is 0. The summed E-state index contributed by atoms with van der Waals surface area (Å²) in [6.07, 6.45) is 3.16. The van der Waals surface area contributed by atoms with Gasteiger partial charge < -0.3 is 4.90 Å². The minimum absolute atomic E-state index is 0.266. The van der Waals surface area contributed by atoms with Crippen LogP contribution in [0.25, 0.3) is 0 Å². The molecule has 0 radical (unpaired) electrons. The first-order valence-corrected chi connectivity index (χ1v) is 4.22. The van der Waals surface area contributed by atoms with E-state index in [0.717, 1.165) is 6.54 Å². The van der Waals surface area contributed by atoms with E-state index in [1.54, 1.807) is 0 Å². The van der Waals surface area contributed by atoms with Crippen molar-refractivity contribution < 1.29 is 0 Å². The van der Waals surface area contributed by atoms with E-state index < -0.39 is 0 Å². The molecule has 2 nitrogen and oxygen atoms in total. The van der Waals surface area contributed by atoms with Crippen LogP contribution in [0.15, 0.2) is 0 Å². The average Bonchev–Trinajstić information content (AvgIpc) is 1.86. The van der Waals surface area contributed by atoms with Gasteiger partial charge >= 0.3 is 0 Å². The lowest BCUT2D eigenvalue weighted by Crippen LogP contribution is -2.38. The Morgan fingerprint density at radius 3 is 2.91 bits per heavy atom. The molecule has 1 fully saturated rings. The number of hydrogen-bond donors (Lipinski definition) is 0. The Labute approximate surface area is 68.8 Å². The molecule has 2 heteroatoms. The Morgan fingerprint density at radius 2 is 2.36 bits per heavy atom. The van der Waals surface area contributed by atoms with Gasteiger partial charge in [-0.15, -0.1) is 0 Å². The monoisotopic (exact) mass is 152 g/mol. The van der Waals surface area contributed by atoms with Gasteiger partial charge in [-0.1, -0.05) is 6.92 Å². The normalized spacial score (nSPS) is 33.2. The molecule has 0 aromatic rings. The maximum Gasteiger partial charge on any atom is 0.0627 e. The lowest BCUT2D eigenvalue weighted by molar-refractivity contribution is 0.130. The fourth-order valence-electron chi connectivity index (χ4n) is 1.92. The largest absolute Gasteiger partial charge is 0.306 e. The topological polar surface area (TPSA) is 27.0 Å². The van der Waals surface area contributed by atoms with E-state index >= 15 is 0 Å². The molecule has 0 aliphatic carbocycles. The van der Waals surface area contributed by atoms with Crippen LogP contribution in [-0.2, 0) is 0 Å². The van der Waals surface area contributed by atoms with Crippen molar-refractivity contribution in [2.24, 2.45) is 5.41 Å². The summed E-state index contributed by atoms with van der Waals surface area (Å²) in [6, 6.07) is 2.27. The molecule has 11 heavy (non-hydrogen) atoms. The standard InChI is InChI=1S/C9H16N2/c1-9(5-6-10)4-3-7-11(2)8-9/h3-5,7-8H2,1-2H3/t9-/m0/s1. The van der Waals surface area contributed by atoms with E-state index in [0.29, 0.717) is 6.42 Å². The van der Waals surface area contributed by atoms with Crippen molar-refractivity contribution in [1.29, 1.82) is 5.26 Å². The van der Waals surface area contributed by atoms with E-state index in [1.807, 2.05) is 0 Å². The van der Waals surface area contributed by atoms with Crippen molar-refractivity contribution in [2.75, 3.05) is 20.1 Å². The van der Waals surface area contributed by atoms with Gasteiger partial charge in [-0.05, 0) is 31.8 Å². The van der Waals surface area contributed by atoms with E-state index in [4.69, 9.17) is 5.26 Å². The highest BCUT2D eigenvalue weighted by atomic mass is 15.1. The van der Waals surface area contributed by atoms with Crippen molar-refractivity contribution in [3.8, 4) is 6.07 Å². The molecule has 1 aliphatic heterocycles. The molecular formula is C9H16N2. The van der Waals surface area contributed by atoms with E-state index in [-0.39, 0.29) is 5.41 Å².